The molecule has 1 amide bonds. The van der Waals surface area contributed by atoms with E-state index in [0.29, 0.717) is 5.56 Å². The van der Waals surface area contributed by atoms with Gasteiger partial charge in [0, 0.05) is 60.6 Å². The summed E-state index contributed by atoms with van der Waals surface area (Å²) in [6, 6.07) is 18.2. The molecule has 0 atom stereocenters. The highest BCUT2D eigenvalue weighted by molar-refractivity contribution is 6.22. The summed E-state index contributed by atoms with van der Waals surface area (Å²) >= 11 is 0. The molecule has 0 fully saturated rings. The number of benzene rings is 2. The minimum Gasteiger partial charge on any atom is -0.385 e. The molecule has 1 heterocycles. The van der Waals surface area contributed by atoms with Crippen molar-refractivity contribution in [3.05, 3.63) is 95.3 Å². The number of nitrogens with zero attached hydrogens (tertiary/aromatic N) is 3. The van der Waals surface area contributed by atoms with Gasteiger partial charge in [0.05, 0.1) is 11.3 Å². The zero-order chi connectivity index (χ0) is 43.9. The van der Waals surface area contributed by atoms with E-state index in [0.717, 1.165) is 58.0 Å². The highest BCUT2D eigenvalue weighted by Gasteiger charge is 2.17. The molecule has 0 radical (unpaired) electrons. The highest BCUT2D eigenvalue weighted by Crippen LogP contribution is 2.32. The average molecular weight is 798 g/mol. The molecule has 3 rings (SSSR count). The van der Waals surface area contributed by atoms with Crippen LogP contribution in [0.5, 0.6) is 0 Å². The summed E-state index contributed by atoms with van der Waals surface area (Å²) in [5.74, 6) is -0.0295. The Kier molecular flexibility index (Phi) is 30.3. The van der Waals surface area contributed by atoms with E-state index in [1.165, 1.54) is 94.2 Å². The zero-order valence-corrected chi connectivity index (χ0v) is 39.2. The van der Waals surface area contributed by atoms with Gasteiger partial charge in [0.1, 0.15) is 0 Å². The first kappa shape index (κ1) is 53.8. The van der Waals surface area contributed by atoms with Crippen LogP contribution in [-0.2, 0) is 11.2 Å². The summed E-state index contributed by atoms with van der Waals surface area (Å²) in [4.78, 5) is 32.9. The van der Waals surface area contributed by atoms with Crippen LogP contribution in [0, 0.1) is 0 Å². The Hall–Kier alpha value is -4.23. The van der Waals surface area contributed by atoms with Crippen molar-refractivity contribution in [1.29, 1.82) is 0 Å². The van der Waals surface area contributed by atoms with Gasteiger partial charge in [-0.25, -0.2) is 0 Å². The molecule has 0 bridgehead atoms. The van der Waals surface area contributed by atoms with Gasteiger partial charge < -0.3 is 20.4 Å². The highest BCUT2D eigenvalue weighted by atomic mass is 16.2. The first-order valence-corrected chi connectivity index (χ1v) is 22.2. The second-order valence-corrected chi connectivity index (χ2v) is 15.4. The number of unbranched alkanes of at least 4 members (excludes halogenated alkanes) is 6. The molecule has 7 heteroatoms. The van der Waals surface area contributed by atoms with Gasteiger partial charge in [0.25, 0.3) is 5.91 Å². The Morgan fingerprint density at radius 2 is 1.34 bits per heavy atom. The first-order valence-electron chi connectivity index (χ1n) is 22.2. The van der Waals surface area contributed by atoms with E-state index in [-0.39, 0.29) is 11.7 Å². The lowest BCUT2D eigenvalue weighted by molar-refractivity contribution is -0.111. The van der Waals surface area contributed by atoms with Crippen LogP contribution < -0.4 is 10.6 Å². The molecule has 7 nitrogen and oxygen atoms in total. The van der Waals surface area contributed by atoms with Gasteiger partial charge in [0.15, 0.2) is 5.78 Å². The predicted octanol–water partition coefficient (Wildman–Crippen LogP) is 13.7. The Balaban J connectivity index is 0.000000897. The number of hydrogen-bond acceptors (Lipinski definition) is 6. The second kappa shape index (κ2) is 32.7. The fraction of sp³-hybridized carbons (Fsp3) is 0.549. The topological polar surface area (TPSA) is 77.6 Å². The van der Waals surface area contributed by atoms with Crippen molar-refractivity contribution in [3.8, 4) is 11.3 Å². The van der Waals surface area contributed by atoms with Gasteiger partial charge in [-0.3, -0.25) is 14.6 Å². The number of Topliss-reactive ketones (excluding diaryl/α,β-unsaturated/α-hetero) is 1. The monoisotopic (exact) mass is 798 g/mol. The number of aryl methyl sites for hydroxylation is 1. The first-order chi connectivity index (χ1) is 27.7. The number of carbonyl (C=O) groups excluding carboxylic acids is 2. The van der Waals surface area contributed by atoms with E-state index in [1.54, 1.807) is 33.3 Å². The Morgan fingerprint density at radius 3 is 1.81 bits per heavy atom. The third-order valence-corrected chi connectivity index (χ3v) is 9.51. The van der Waals surface area contributed by atoms with Crippen molar-refractivity contribution < 1.29 is 9.59 Å². The van der Waals surface area contributed by atoms with Crippen LogP contribution in [0.15, 0.2) is 78.6 Å². The predicted molar refractivity (Wildman–Crippen MR) is 256 cm³/mol. The van der Waals surface area contributed by atoms with Gasteiger partial charge in [-0.05, 0) is 122 Å². The molecule has 2 aromatic carbocycles. The molecule has 0 aliphatic heterocycles. The van der Waals surface area contributed by atoms with Gasteiger partial charge in [-0.15, -0.1) is 0 Å². The Labute approximate surface area is 356 Å². The van der Waals surface area contributed by atoms with Gasteiger partial charge in [-0.2, -0.15) is 0 Å². The number of amides is 1. The maximum Gasteiger partial charge on any atom is 0.254 e. The summed E-state index contributed by atoms with van der Waals surface area (Å²) < 4.78 is 0. The number of hydrogen-bond donors (Lipinski definition) is 2. The van der Waals surface area contributed by atoms with Crippen molar-refractivity contribution in [3.63, 3.8) is 0 Å². The molecular formula is C51H83N5O2. The maximum atomic E-state index is 12.4. The average Bonchev–Trinajstić information content (AvgIpc) is 3.20. The summed E-state index contributed by atoms with van der Waals surface area (Å²) in [5.41, 5.74) is 9.36. The van der Waals surface area contributed by atoms with Crippen LogP contribution in [0.1, 0.15) is 161 Å². The normalized spacial score (nSPS) is 10.8. The van der Waals surface area contributed by atoms with Crippen molar-refractivity contribution in [2.45, 2.75) is 146 Å². The van der Waals surface area contributed by atoms with E-state index < -0.39 is 0 Å². The van der Waals surface area contributed by atoms with Crippen molar-refractivity contribution in [2.75, 3.05) is 51.4 Å². The molecule has 324 valence electrons. The molecule has 0 aliphatic carbocycles. The lowest BCUT2D eigenvalue weighted by Gasteiger charge is -2.16. The van der Waals surface area contributed by atoms with Crippen LogP contribution in [0.2, 0.25) is 0 Å². The van der Waals surface area contributed by atoms with Gasteiger partial charge in [0.2, 0.25) is 0 Å². The number of ketones is 1. The van der Waals surface area contributed by atoms with Gasteiger partial charge >= 0.3 is 0 Å². The molecular weight excluding hydrogens is 715 g/mol. The van der Waals surface area contributed by atoms with Crippen LogP contribution in [0.25, 0.3) is 16.8 Å². The number of nitrogens with one attached hydrogen (secondary N) is 2. The molecule has 0 unspecified atom stereocenters. The van der Waals surface area contributed by atoms with E-state index in [4.69, 9.17) is 0 Å². The summed E-state index contributed by atoms with van der Waals surface area (Å²) in [7, 11) is 5.65. The fourth-order valence-electron chi connectivity index (χ4n) is 6.14. The van der Waals surface area contributed by atoms with Crippen LogP contribution in [0.4, 0.5) is 11.4 Å². The van der Waals surface area contributed by atoms with Gasteiger partial charge in [-0.1, -0.05) is 117 Å². The molecule has 2 N–H and O–H groups in total. The van der Waals surface area contributed by atoms with E-state index in [2.05, 4.69) is 100.0 Å². The Morgan fingerprint density at radius 1 is 0.707 bits per heavy atom. The quantitative estimate of drug-likeness (QED) is 0.0826. The fourth-order valence-corrected chi connectivity index (χ4v) is 6.14. The molecule has 0 saturated carbocycles. The Bertz CT molecular complexity index is 1590. The summed E-state index contributed by atoms with van der Waals surface area (Å²) in [6.07, 6.45) is 17.0. The second-order valence-electron chi connectivity index (χ2n) is 15.4. The number of pyridine rings is 1. The lowest BCUT2D eigenvalue weighted by Crippen LogP contribution is -2.21. The molecule has 58 heavy (non-hydrogen) atoms. The van der Waals surface area contributed by atoms with Crippen molar-refractivity contribution in [1.82, 2.24) is 14.8 Å². The third-order valence-electron chi connectivity index (χ3n) is 9.51. The molecule has 0 saturated heterocycles. The van der Waals surface area contributed by atoms with Crippen molar-refractivity contribution >= 4 is 28.6 Å². The number of aromatic nitrogens is 1. The summed E-state index contributed by atoms with van der Waals surface area (Å²) in [5, 5.41) is 6.54. The van der Waals surface area contributed by atoms with Crippen LogP contribution in [0.3, 0.4) is 0 Å². The minimum atomic E-state index is -0.0809. The zero-order valence-electron chi connectivity index (χ0n) is 39.2. The van der Waals surface area contributed by atoms with Crippen LogP contribution >= 0.6 is 0 Å². The van der Waals surface area contributed by atoms with E-state index >= 15 is 0 Å². The number of allylic oxidation sites excluding steroid dienone is 3. The van der Waals surface area contributed by atoms with Crippen molar-refractivity contribution in [2.24, 2.45) is 0 Å². The lowest BCUT2D eigenvalue weighted by atomic mass is 9.92. The number of carbonyl (C=O) groups is 2. The summed E-state index contributed by atoms with van der Waals surface area (Å²) in [6.45, 7) is 27.9. The van der Waals surface area contributed by atoms with Crippen LogP contribution in [-0.4, -0.2) is 67.3 Å². The van der Waals surface area contributed by atoms with E-state index in [9.17, 15) is 9.59 Å². The molecule has 0 aliphatic rings. The molecule has 0 spiro atoms. The molecule has 1 aromatic heterocycles. The number of rotatable bonds is 21. The number of anilines is 2. The maximum absolute atomic E-state index is 12.4. The SMILES string of the molecule is C=C(C)Nc1ccc(CCCC)cc1.CCCCC.CCCCCCN(C)CCC.CCNc1ccc(-c2ccc(C(=O)N(C)C)cn2)cc1C(C(C)=O)=C(C)CC. The standard InChI is InChI=1S/C23H29N3O2.C13H19N.C10H23N.C5H12/c1-7-15(3)22(16(4)27)19-13-17(9-12-21(19)24-8-2)20-11-10-18(14-25-20)23(28)26(5)6;1-4-5-6-12-7-9-13(10-8-12)14-11(2)3;1-4-6-7-8-10-11(3)9-5-2;1-3-5-4-2/h9-14,24H,7-8H2,1-6H3;7-10,14H,2,4-6H2,1,3H3;4-10H2,1-3H3;3-5H2,1-2H3. The van der Waals surface area contributed by atoms with E-state index in [1.807, 2.05) is 45.0 Å². The largest absolute Gasteiger partial charge is 0.385 e. The molecule has 3 aromatic rings. The minimum absolute atomic E-state index is 0.0514. The third kappa shape index (κ3) is 22.6. The smallest absolute Gasteiger partial charge is 0.254 e.